The average Bonchev–Trinajstić information content (AvgIpc) is 3.13. The highest BCUT2D eigenvalue weighted by atomic mass is 16.5. The number of carbonyl (C=O) groups is 1. The third kappa shape index (κ3) is 3.90. The van der Waals surface area contributed by atoms with Crippen LogP contribution in [0.3, 0.4) is 0 Å². The summed E-state index contributed by atoms with van der Waals surface area (Å²) in [5.74, 6) is 1.24. The highest BCUT2D eigenvalue weighted by molar-refractivity contribution is 5.74. The molecule has 1 N–H and O–H groups in total. The number of carbonyl (C=O) groups excluding carboxylic acids is 1. The Balaban J connectivity index is 1.47. The van der Waals surface area contributed by atoms with E-state index in [-0.39, 0.29) is 6.03 Å². The zero-order valence-electron chi connectivity index (χ0n) is 13.1. The van der Waals surface area contributed by atoms with E-state index in [4.69, 9.17) is 10.00 Å². The van der Waals surface area contributed by atoms with Crippen LogP contribution in [0.15, 0.2) is 18.3 Å². The number of nitrogens with one attached hydrogen (secondary N) is 1. The largest absolute Gasteiger partial charge is 0.381 e. The summed E-state index contributed by atoms with van der Waals surface area (Å²) >= 11 is 0. The number of aromatic nitrogens is 1. The van der Waals surface area contributed by atoms with Crippen molar-refractivity contribution in [3.05, 3.63) is 23.9 Å². The number of nitriles is 1. The van der Waals surface area contributed by atoms with E-state index >= 15 is 0 Å². The summed E-state index contributed by atoms with van der Waals surface area (Å²) in [7, 11) is 0. The van der Waals surface area contributed by atoms with Crippen molar-refractivity contribution in [2.24, 2.45) is 5.92 Å². The Labute approximate surface area is 135 Å². The lowest BCUT2D eigenvalue weighted by atomic mass is 10.1. The van der Waals surface area contributed by atoms with Gasteiger partial charge in [0.2, 0.25) is 0 Å². The molecule has 122 valence electrons. The first-order chi connectivity index (χ1) is 11.3. The van der Waals surface area contributed by atoms with Gasteiger partial charge in [0.15, 0.2) is 0 Å². The second-order valence-corrected chi connectivity index (χ2v) is 5.90. The first kappa shape index (κ1) is 15.6. The van der Waals surface area contributed by atoms with Crippen molar-refractivity contribution in [1.82, 2.24) is 15.2 Å². The van der Waals surface area contributed by atoms with Gasteiger partial charge < -0.3 is 19.9 Å². The van der Waals surface area contributed by atoms with Gasteiger partial charge in [0.25, 0.3) is 0 Å². The van der Waals surface area contributed by atoms with E-state index in [2.05, 4.69) is 21.3 Å². The molecular weight excluding hydrogens is 294 g/mol. The minimum absolute atomic E-state index is 0.00437. The monoisotopic (exact) mass is 315 g/mol. The fraction of sp³-hybridized carbons (Fsp3) is 0.562. The second-order valence-electron chi connectivity index (χ2n) is 5.90. The van der Waals surface area contributed by atoms with Gasteiger partial charge in [-0.1, -0.05) is 0 Å². The standard InChI is InChI=1S/C16H21N5O2/c17-10-13-1-3-18-15(9-13)20-4-6-21(7-5-20)16(22)19-11-14-2-8-23-12-14/h1,3,9,14H,2,4-8,11-12H2,(H,19,22). The van der Waals surface area contributed by atoms with Gasteiger partial charge in [0, 0.05) is 51.4 Å². The average molecular weight is 315 g/mol. The third-order valence-electron chi connectivity index (χ3n) is 4.33. The van der Waals surface area contributed by atoms with E-state index < -0.39 is 0 Å². The minimum atomic E-state index is -0.00437. The second kappa shape index (κ2) is 7.29. The Morgan fingerprint density at radius 1 is 1.43 bits per heavy atom. The van der Waals surface area contributed by atoms with E-state index in [0.29, 0.717) is 31.1 Å². The molecule has 1 aromatic heterocycles. The Kier molecular flexibility index (Phi) is 4.93. The molecule has 0 aliphatic carbocycles. The van der Waals surface area contributed by atoms with Crippen LogP contribution in [0.1, 0.15) is 12.0 Å². The topological polar surface area (TPSA) is 81.5 Å². The lowest BCUT2D eigenvalue weighted by molar-refractivity contribution is 0.179. The van der Waals surface area contributed by atoms with Crippen molar-refractivity contribution in [2.45, 2.75) is 6.42 Å². The van der Waals surface area contributed by atoms with Gasteiger partial charge in [0.05, 0.1) is 18.2 Å². The smallest absolute Gasteiger partial charge is 0.317 e. The van der Waals surface area contributed by atoms with Crippen LogP contribution in [0.2, 0.25) is 0 Å². The van der Waals surface area contributed by atoms with Crippen LogP contribution < -0.4 is 10.2 Å². The highest BCUT2D eigenvalue weighted by Crippen LogP contribution is 2.15. The van der Waals surface area contributed by atoms with Gasteiger partial charge in [-0.25, -0.2) is 9.78 Å². The van der Waals surface area contributed by atoms with Gasteiger partial charge in [-0.2, -0.15) is 5.26 Å². The Morgan fingerprint density at radius 3 is 2.96 bits per heavy atom. The molecule has 1 unspecified atom stereocenters. The lowest BCUT2D eigenvalue weighted by Crippen LogP contribution is -2.52. The molecule has 7 heteroatoms. The fourth-order valence-electron chi connectivity index (χ4n) is 2.89. The Hall–Kier alpha value is -2.33. The van der Waals surface area contributed by atoms with Gasteiger partial charge in [-0.15, -0.1) is 0 Å². The summed E-state index contributed by atoms with van der Waals surface area (Å²) in [5.41, 5.74) is 0.606. The Bertz CT molecular complexity index is 586. The quantitative estimate of drug-likeness (QED) is 0.893. The molecule has 0 saturated carbocycles. The number of urea groups is 1. The van der Waals surface area contributed by atoms with Crippen LogP contribution in [0.4, 0.5) is 10.6 Å². The van der Waals surface area contributed by atoms with Crippen LogP contribution in [0, 0.1) is 17.2 Å². The number of pyridine rings is 1. The molecule has 0 aromatic carbocycles. The molecule has 1 atom stereocenters. The number of hydrogen-bond donors (Lipinski definition) is 1. The molecule has 2 aliphatic heterocycles. The van der Waals surface area contributed by atoms with Crippen molar-refractivity contribution in [3.8, 4) is 6.07 Å². The highest BCUT2D eigenvalue weighted by Gasteiger charge is 2.23. The molecule has 3 rings (SSSR count). The predicted molar refractivity (Wildman–Crippen MR) is 85.1 cm³/mol. The number of rotatable bonds is 3. The van der Waals surface area contributed by atoms with Gasteiger partial charge in [0.1, 0.15) is 5.82 Å². The van der Waals surface area contributed by atoms with E-state index in [1.165, 1.54) is 0 Å². The van der Waals surface area contributed by atoms with Gasteiger partial charge >= 0.3 is 6.03 Å². The summed E-state index contributed by atoms with van der Waals surface area (Å²) < 4.78 is 5.32. The molecule has 7 nitrogen and oxygen atoms in total. The predicted octanol–water partition coefficient (Wildman–Crippen LogP) is 0.821. The van der Waals surface area contributed by atoms with Crippen molar-refractivity contribution in [3.63, 3.8) is 0 Å². The van der Waals surface area contributed by atoms with Crippen molar-refractivity contribution in [1.29, 1.82) is 5.26 Å². The molecule has 23 heavy (non-hydrogen) atoms. The number of anilines is 1. The maximum Gasteiger partial charge on any atom is 0.317 e. The molecule has 2 saturated heterocycles. The van der Waals surface area contributed by atoms with Crippen LogP contribution in [0.25, 0.3) is 0 Å². The molecular formula is C16H21N5O2. The van der Waals surface area contributed by atoms with E-state index in [1.54, 1.807) is 18.3 Å². The Morgan fingerprint density at radius 2 is 2.26 bits per heavy atom. The van der Waals surface area contributed by atoms with Crippen molar-refractivity contribution >= 4 is 11.8 Å². The summed E-state index contributed by atoms with van der Waals surface area (Å²) in [4.78, 5) is 20.4. The molecule has 2 amide bonds. The lowest BCUT2D eigenvalue weighted by Gasteiger charge is -2.35. The SMILES string of the molecule is N#Cc1ccnc(N2CCN(C(=O)NCC3CCOC3)CC2)c1. The molecule has 2 fully saturated rings. The molecule has 2 aliphatic rings. The molecule has 3 heterocycles. The van der Waals surface area contributed by atoms with E-state index in [0.717, 1.165) is 38.5 Å². The zero-order chi connectivity index (χ0) is 16.1. The fourth-order valence-corrected chi connectivity index (χ4v) is 2.89. The van der Waals surface area contributed by atoms with E-state index in [9.17, 15) is 4.79 Å². The zero-order valence-corrected chi connectivity index (χ0v) is 13.1. The third-order valence-corrected chi connectivity index (χ3v) is 4.33. The molecule has 0 bridgehead atoms. The first-order valence-corrected chi connectivity index (χ1v) is 7.98. The van der Waals surface area contributed by atoms with Gasteiger partial charge in [-0.05, 0) is 18.6 Å². The number of ether oxygens (including phenoxy) is 1. The van der Waals surface area contributed by atoms with Crippen LogP contribution in [-0.4, -0.2) is 61.9 Å². The van der Waals surface area contributed by atoms with Crippen LogP contribution in [-0.2, 0) is 4.74 Å². The molecule has 1 aromatic rings. The number of nitrogens with zero attached hydrogens (tertiary/aromatic N) is 4. The van der Waals surface area contributed by atoms with Crippen molar-refractivity contribution < 1.29 is 9.53 Å². The van der Waals surface area contributed by atoms with E-state index in [1.807, 2.05) is 4.90 Å². The van der Waals surface area contributed by atoms with Gasteiger partial charge in [-0.3, -0.25) is 0 Å². The molecule has 0 spiro atoms. The summed E-state index contributed by atoms with van der Waals surface area (Å²) in [5, 5.41) is 12.0. The number of piperazine rings is 1. The number of amides is 2. The minimum Gasteiger partial charge on any atom is -0.381 e. The number of hydrogen-bond acceptors (Lipinski definition) is 5. The molecule has 0 radical (unpaired) electrons. The summed E-state index contributed by atoms with van der Waals surface area (Å²) in [6, 6.07) is 5.60. The van der Waals surface area contributed by atoms with Crippen molar-refractivity contribution in [2.75, 3.05) is 50.8 Å². The summed E-state index contributed by atoms with van der Waals surface area (Å²) in [6.07, 6.45) is 2.67. The first-order valence-electron chi connectivity index (χ1n) is 7.98. The maximum atomic E-state index is 12.2. The van der Waals surface area contributed by atoms with Crippen LogP contribution in [0.5, 0.6) is 0 Å². The summed E-state index contributed by atoms with van der Waals surface area (Å²) in [6.45, 7) is 4.99. The maximum absolute atomic E-state index is 12.2. The normalized spacial score (nSPS) is 21.1. The van der Waals surface area contributed by atoms with Crippen LogP contribution >= 0.6 is 0 Å².